The number of hydrogen-bond acceptors (Lipinski definition) is 7. The first-order chi connectivity index (χ1) is 13.5. The van der Waals surface area contributed by atoms with Gasteiger partial charge in [-0.15, -0.1) is 0 Å². The van der Waals surface area contributed by atoms with Gasteiger partial charge in [-0.25, -0.2) is 0 Å². The van der Waals surface area contributed by atoms with E-state index < -0.39 is 0 Å². The molecule has 1 aliphatic rings. The molecule has 1 amide bonds. The monoisotopic (exact) mass is 388 g/mol. The molecular formula is C20H28N4O4. The number of rotatable bonds is 8. The van der Waals surface area contributed by atoms with Gasteiger partial charge in [-0.05, 0) is 38.1 Å². The van der Waals surface area contributed by atoms with E-state index in [1.54, 1.807) is 7.11 Å². The van der Waals surface area contributed by atoms with Crippen LogP contribution < -0.4 is 10.1 Å². The molecule has 1 saturated heterocycles. The Morgan fingerprint density at radius 2 is 1.96 bits per heavy atom. The molecule has 0 spiro atoms. The maximum Gasteiger partial charge on any atom is 0.227 e. The summed E-state index contributed by atoms with van der Waals surface area (Å²) in [6.45, 7) is 8.12. The van der Waals surface area contributed by atoms with Crippen molar-refractivity contribution in [2.75, 3.05) is 40.0 Å². The molecule has 2 aromatic rings. The predicted octanol–water partition coefficient (Wildman–Crippen LogP) is 1.90. The van der Waals surface area contributed by atoms with Gasteiger partial charge >= 0.3 is 0 Å². The van der Waals surface area contributed by atoms with Crippen molar-refractivity contribution < 1.29 is 18.8 Å². The first-order valence-electron chi connectivity index (χ1n) is 9.54. The molecule has 1 aromatic heterocycles. The number of morpholine rings is 1. The Kier molecular flexibility index (Phi) is 6.64. The van der Waals surface area contributed by atoms with E-state index in [0.717, 1.165) is 37.6 Å². The molecule has 0 atom stereocenters. The zero-order chi connectivity index (χ0) is 20.0. The van der Waals surface area contributed by atoms with Crippen LogP contribution in [0.2, 0.25) is 0 Å². The second kappa shape index (κ2) is 9.16. The van der Waals surface area contributed by atoms with Gasteiger partial charge in [-0.3, -0.25) is 9.69 Å². The van der Waals surface area contributed by atoms with Crippen LogP contribution >= 0.6 is 0 Å². The maximum absolute atomic E-state index is 12.2. The van der Waals surface area contributed by atoms with E-state index in [-0.39, 0.29) is 11.4 Å². The van der Waals surface area contributed by atoms with Crippen LogP contribution in [0, 0.1) is 0 Å². The molecule has 28 heavy (non-hydrogen) atoms. The van der Waals surface area contributed by atoms with E-state index in [1.165, 1.54) is 0 Å². The van der Waals surface area contributed by atoms with Gasteiger partial charge in [0.2, 0.25) is 17.6 Å². The minimum absolute atomic E-state index is 0.0227. The molecule has 0 unspecified atom stereocenters. The lowest BCUT2D eigenvalue weighted by atomic mass is 10.0. The Hall–Kier alpha value is -2.45. The van der Waals surface area contributed by atoms with Gasteiger partial charge in [0.25, 0.3) is 0 Å². The second-order valence-electron chi connectivity index (χ2n) is 7.43. The van der Waals surface area contributed by atoms with E-state index >= 15 is 0 Å². The summed E-state index contributed by atoms with van der Waals surface area (Å²) in [5.41, 5.74) is 0.735. The molecule has 8 nitrogen and oxygen atoms in total. The van der Waals surface area contributed by atoms with Crippen LogP contribution in [-0.4, -0.2) is 66.4 Å². The summed E-state index contributed by atoms with van der Waals surface area (Å²) in [5.74, 6) is 1.70. The minimum atomic E-state index is -0.106. The quantitative estimate of drug-likeness (QED) is 0.739. The third kappa shape index (κ3) is 5.30. The van der Waals surface area contributed by atoms with Crippen molar-refractivity contribution in [2.45, 2.75) is 32.2 Å². The Morgan fingerprint density at radius 1 is 1.25 bits per heavy atom. The number of methoxy groups -OCH3 is 1. The van der Waals surface area contributed by atoms with Gasteiger partial charge in [-0.2, -0.15) is 4.98 Å². The maximum atomic E-state index is 12.2. The molecule has 8 heteroatoms. The van der Waals surface area contributed by atoms with Gasteiger partial charge in [-0.1, -0.05) is 5.16 Å². The third-order valence-electron chi connectivity index (χ3n) is 4.97. The predicted molar refractivity (Wildman–Crippen MR) is 104 cm³/mol. The number of nitrogens with zero attached hydrogens (tertiary/aromatic N) is 3. The summed E-state index contributed by atoms with van der Waals surface area (Å²) in [7, 11) is 1.62. The van der Waals surface area contributed by atoms with E-state index in [1.807, 2.05) is 24.3 Å². The highest BCUT2D eigenvalue weighted by molar-refractivity contribution is 5.76. The summed E-state index contributed by atoms with van der Waals surface area (Å²) < 4.78 is 15.8. The standard InChI is InChI=1S/C20H28N4O4/c1-20(2,24-10-12-27-13-11-24)14-21-17(25)8-9-18-22-19(23-28-18)15-4-6-16(26-3)7-5-15/h4-7H,8-14H2,1-3H3,(H,21,25). The Morgan fingerprint density at radius 3 is 2.64 bits per heavy atom. The van der Waals surface area contributed by atoms with Crippen LogP contribution in [0.15, 0.2) is 28.8 Å². The van der Waals surface area contributed by atoms with Gasteiger partial charge < -0.3 is 19.3 Å². The molecule has 1 aromatic carbocycles. The molecule has 152 valence electrons. The van der Waals surface area contributed by atoms with Crippen molar-refractivity contribution in [1.82, 2.24) is 20.4 Å². The van der Waals surface area contributed by atoms with Gasteiger partial charge in [0.1, 0.15) is 5.75 Å². The number of carbonyl (C=O) groups is 1. The highest BCUT2D eigenvalue weighted by atomic mass is 16.5. The zero-order valence-corrected chi connectivity index (χ0v) is 16.7. The van der Waals surface area contributed by atoms with Crippen molar-refractivity contribution in [3.8, 4) is 17.1 Å². The molecule has 0 radical (unpaired) electrons. The van der Waals surface area contributed by atoms with Crippen molar-refractivity contribution in [3.63, 3.8) is 0 Å². The van der Waals surface area contributed by atoms with Crippen molar-refractivity contribution in [3.05, 3.63) is 30.2 Å². The van der Waals surface area contributed by atoms with Crippen molar-refractivity contribution in [1.29, 1.82) is 0 Å². The smallest absolute Gasteiger partial charge is 0.227 e. The van der Waals surface area contributed by atoms with Crippen LogP contribution in [0.25, 0.3) is 11.4 Å². The largest absolute Gasteiger partial charge is 0.497 e. The average Bonchev–Trinajstić information content (AvgIpc) is 3.20. The summed E-state index contributed by atoms with van der Waals surface area (Å²) >= 11 is 0. The minimum Gasteiger partial charge on any atom is -0.497 e. The SMILES string of the molecule is COc1ccc(-c2noc(CCC(=O)NCC(C)(C)N3CCOCC3)n2)cc1. The van der Waals surface area contributed by atoms with Crippen LogP contribution in [-0.2, 0) is 16.0 Å². The van der Waals surface area contributed by atoms with Gasteiger partial charge in [0.05, 0.1) is 20.3 Å². The highest BCUT2D eigenvalue weighted by Gasteiger charge is 2.28. The normalized spacial score (nSPS) is 15.4. The van der Waals surface area contributed by atoms with Crippen LogP contribution in [0.4, 0.5) is 0 Å². The second-order valence-corrected chi connectivity index (χ2v) is 7.43. The number of aromatic nitrogens is 2. The molecule has 1 aliphatic heterocycles. The topological polar surface area (TPSA) is 89.7 Å². The fraction of sp³-hybridized carbons (Fsp3) is 0.550. The molecule has 3 rings (SSSR count). The molecular weight excluding hydrogens is 360 g/mol. The zero-order valence-electron chi connectivity index (χ0n) is 16.7. The van der Waals surface area contributed by atoms with Crippen molar-refractivity contribution in [2.24, 2.45) is 0 Å². The molecule has 2 heterocycles. The van der Waals surface area contributed by atoms with Crippen LogP contribution in [0.1, 0.15) is 26.2 Å². The number of ether oxygens (including phenoxy) is 2. The van der Waals surface area contributed by atoms with Crippen LogP contribution in [0.3, 0.4) is 0 Å². The van der Waals surface area contributed by atoms with E-state index in [2.05, 4.69) is 34.2 Å². The molecule has 1 N–H and O–H groups in total. The summed E-state index contributed by atoms with van der Waals surface area (Å²) in [6, 6.07) is 7.42. The summed E-state index contributed by atoms with van der Waals surface area (Å²) in [5, 5.41) is 7.01. The van der Waals surface area contributed by atoms with E-state index in [0.29, 0.717) is 31.1 Å². The Bertz CT molecular complexity index is 767. The molecule has 0 bridgehead atoms. The first kappa shape index (κ1) is 20.3. The molecule has 1 fully saturated rings. The fourth-order valence-corrected chi connectivity index (χ4v) is 3.12. The van der Waals surface area contributed by atoms with E-state index in [9.17, 15) is 4.79 Å². The number of carbonyl (C=O) groups excluding carboxylic acids is 1. The molecule has 0 aliphatic carbocycles. The number of nitrogens with one attached hydrogen (secondary N) is 1. The first-order valence-corrected chi connectivity index (χ1v) is 9.54. The Balaban J connectivity index is 1.46. The highest BCUT2D eigenvalue weighted by Crippen LogP contribution is 2.20. The number of amides is 1. The van der Waals surface area contributed by atoms with Crippen molar-refractivity contribution >= 4 is 5.91 Å². The summed E-state index contributed by atoms with van der Waals surface area (Å²) in [6.07, 6.45) is 0.719. The fourth-order valence-electron chi connectivity index (χ4n) is 3.12. The number of benzene rings is 1. The average molecular weight is 388 g/mol. The van der Waals surface area contributed by atoms with Gasteiger partial charge in [0.15, 0.2) is 0 Å². The number of aryl methyl sites for hydroxylation is 1. The van der Waals surface area contributed by atoms with E-state index in [4.69, 9.17) is 14.0 Å². The lowest BCUT2D eigenvalue weighted by Gasteiger charge is -2.40. The van der Waals surface area contributed by atoms with Gasteiger partial charge in [0, 0.05) is 43.6 Å². The summed E-state index contributed by atoms with van der Waals surface area (Å²) in [4.78, 5) is 18.9. The third-order valence-corrected chi connectivity index (χ3v) is 4.97. The Labute approximate surface area is 165 Å². The van der Waals surface area contributed by atoms with Crippen LogP contribution in [0.5, 0.6) is 5.75 Å². The number of hydrogen-bond donors (Lipinski definition) is 1. The lowest BCUT2D eigenvalue weighted by molar-refractivity contribution is -0.122. The molecule has 0 saturated carbocycles. The lowest BCUT2D eigenvalue weighted by Crippen LogP contribution is -2.55.